The Morgan fingerprint density at radius 1 is 1.54 bits per heavy atom. The fourth-order valence-electron chi connectivity index (χ4n) is 1.13. The first-order chi connectivity index (χ1) is 6.19. The van der Waals surface area contributed by atoms with Crippen LogP contribution in [-0.4, -0.2) is 19.3 Å². The van der Waals surface area contributed by atoms with Crippen molar-refractivity contribution in [2.75, 3.05) is 14.2 Å². The Kier molecular flexibility index (Phi) is 3.08. The fourth-order valence-corrected chi connectivity index (χ4v) is 1.13. The standard InChI is InChI=1S/C9H12FNO2/c1-11-5-7-8(10)3-6(12)4-9(7)13-2/h3-4,11-12H,5H2,1-2H3. The summed E-state index contributed by atoms with van der Waals surface area (Å²) in [6, 6.07) is 2.45. The van der Waals surface area contributed by atoms with Gasteiger partial charge in [0.05, 0.1) is 7.11 Å². The molecule has 0 spiro atoms. The summed E-state index contributed by atoms with van der Waals surface area (Å²) in [6.07, 6.45) is 0. The molecule has 0 fully saturated rings. The zero-order valence-corrected chi connectivity index (χ0v) is 7.60. The van der Waals surface area contributed by atoms with Crippen molar-refractivity contribution in [1.82, 2.24) is 5.32 Å². The minimum atomic E-state index is -0.466. The topological polar surface area (TPSA) is 41.5 Å². The summed E-state index contributed by atoms with van der Waals surface area (Å²) in [4.78, 5) is 0. The number of methoxy groups -OCH3 is 1. The summed E-state index contributed by atoms with van der Waals surface area (Å²) in [5.74, 6) is -0.243. The van der Waals surface area contributed by atoms with Crippen LogP contribution in [0.25, 0.3) is 0 Å². The molecule has 0 saturated heterocycles. The lowest BCUT2D eigenvalue weighted by Crippen LogP contribution is -2.08. The van der Waals surface area contributed by atoms with Gasteiger partial charge >= 0.3 is 0 Å². The summed E-state index contributed by atoms with van der Waals surface area (Å²) >= 11 is 0. The van der Waals surface area contributed by atoms with Crippen molar-refractivity contribution in [2.45, 2.75) is 6.54 Å². The van der Waals surface area contributed by atoms with Gasteiger partial charge in [0.15, 0.2) is 0 Å². The van der Waals surface area contributed by atoms with Crippen molar-refractivity contribution in [1.29, 1.82) is 0 Å². The minimum absolute atomic E-state index is 0.130. The van der Waals surface area contributed by atoms with E-state index in [1.807, 2.05) is 0 Å². The molecule has 0 heterocycles. The molecule has 0 amide bonds. The van der Waals surface area contributed by atoms with Crippen LogP contribution in [0.15, 0.2) is 12.1 Å². The van der Waals surface area contributed by atoms with Gasteiger partial charge in [-0.1, -0.05) is 0 Å². The van der Waals surface area contributed by atoms with Crippen LogP contribution in [0.3, 0.4) is 0 Å². The van der Waals surface area contributed by atoms with E-state index in [4.69, 9.17) is 9.84 Å². The highest BCUT2D eigenvalue weighted by molar-refractivity contribution is 5.41. The van der Waals surface area contributed by atoms with Gasteiger partial charge in [-0.15, -0.1) is 0 Å². The molecule has 13 heavy (non-hydrogen) atoms. The highest BCUT2D eigenvalue weighted by Crippen LogP contribution is 2.26. The minimum Gasteiger partial charge on any atom is -0.508 e. The smallest absolute Gasteiger partial charge is 0.135 e. The molecule has 1 aromatic carbocycles. The van der Waals surface area contributed by atoms with E-state index in [1.165, 1.54) is 13.2 Å². The van der Waals surface area contributed by atoms with Gasteiger partial charge < -0.3 is 15.2 Å². The van der Waals surface area contributed by atoms with Crippen LogP contribution >= 0.6 is 0 Å². The maximum absolute atomic E-state index is 13.2. The normalized spacial score (nSPS) is 10.1. The third-order valence-corrected chi connectivity index (χ3v) is 1.71. The van der Waals surface area contributed by atoms with Crippen LogP contribution in [0.2, 0.25) is 0 Å². The lowest BCUT2D eigenvalue weighted by Gasteiger charge is -2.09. The molecule has 0 aromatic heterocycles. The first-order valence-electron chi connectivity index (χ1n) is 3.89. The van der Waals surface area contributed by atoms with Crippen LogP contribution in [0.1, 0.15) is 5.56 Å². The zero-order chi connectivity index (χ0) is 9.84. The number of nitrogens with one attached hydrogen (secondary N) is 1. The largest absolute Gasteiger partial charge is 0.508 e. The van der Waals surface area contributed by atoms with E-state index in [9.17, 15) is 4.39 Å². The second-order valence-electron chi connectivity index (χ2n) is 2.64. The average molecular weight is 185 g/mol. The van der Waals surface area contributed by atoms with E-state index in [1.54, 1.807) is 7.05 Å². The molecule has 0 bridgehead atoms. The molecule has 0 aliphatic carbocycles. The van der Waals surface area contributed by atoms with Gasteiger partial charge in [0.25, 0.3) is 0 Å². The predicted octanol–water partition coefficient (Wildman–Crippen LogP) is 1.26. The van der Waals surface area contributed by atoms with Gasteiger partial charge in [0.2, 0.25) is 0 Å². The van der Waals surface area contributed by atoms with Crippen molar-refractivity contribution in [3.05, 3.63) is 23.5 Å². The van der Waals surface area contributed by atoms with Gasteiger partial charge in [-0.25, -0.2) is 4.39 Å². The number of phenols is 1. The lowest BCUT2D eigenvalue weighted by atomic mass is 10.1. The zero-order valence-electron chi connectivity index (χ0n) is 7.60. The van der Waals surface area contributed by atoms with E-state index in [0.717, 1.165) is 6.07 Å². The van der Waals surface area contributed by atoms with E-state index >= 15 is 0 Å². The van der Waals surface area contributed by atoms with Crippen LogP contribution in [0.4, 0.5) is 4.39 Å². The predicted molar refractivity (Wildman–Crippen MR) is 47.4 cm³/mol. The molecule has 3 nitrogen and oxygen atoms in total. The van der Waals surface area contributed by atoms with Gasteiger partial charge in [0.1, 0.15) is 17.3 Å². The summed E-state index contributed by atoms with van der Waals surface area (Å²) < 4.78 is 18.1. The molecule has 1 rings (SSSR count). The average Bonchev–Trinajstić information content (AvgIpc) is 2.09. The van der Waals surface area contributed by atoms with Gasteiger partial charge in [-0.05, 0) is 7.05 Å². The third-order valence-electron chi connectivity index (χ3n) is 1.71. The number of hydrogen-bond acceptors (Lipinski definition) is 3. The molecule has 0 saturated carbocycles. The fraction of sp³-hybridized carbons (Fsp3) is 0.333. The molecule has 0 aliphatic heterocycles. The molecule has 4 heteroatoms. The third kappa shape index (κ3) is 2.09. The highest BCUT2D eigenvalue weighted by Gasteiger charge is 2.10. The maximum atomic E-state index is 13.2. The van der Waals surface area contributed by atoms with Crippen molar-refractivity contribution in [2.24, 2.45) is 0 Å². The van der Waals surface area contributed by atoms with Crippen LogP contribution in [-0.2, 0) is 6.54 Å². The van der Waals surface area contributed by atoms with Crippen LogP contribution in [0.5, 0.6) is 11.5 Å². The summed E-state index contributed by atoms with van der Waals surface area (Å²) in [5, 5.41) is 11.9. The first-order valence-corrected chi connectivity index (χ1v) is 3.89. The van der Waals surface area contributed by atoms with Crippen molar-refractivity contribution >= 4 is 0 Å². The molecule has 0 atom stereocenters. The summed E-state index contributed by atoms with van der Waals surface area (Å²) in [6.45, 7) is 0.370. The van der Waals surface area contributed by atoms with E-state index in [2.05, 4.69) is 5.32 Å². The van der Waals surface area contributed by atoms with E-state index in [-0.39, 0.29) is 5.75 Å². The second-order valence-corrected chi connectivity index (χ2v) is 2.64. The van der Waals surface area contributed by atoms with Gasteiger partial charge in [0, 0.05) is 24.2 Å². The molecule has 2 N–H and O–H groups in total. The monoisotopic (exact) mass is 185 g/mol. The Balaban J connectivity index is 3.13. The van der Waals surface area contributed by atoms with Crippen LogP contribution < -0.4 is 10.1 Å². The lowest BCUT2D eigenvalue weighted by molar-refractivity contribution is 0.394. The number of rotatable bonds is 3. The molecular weight excluding hydrogens is 173 g/mol. The molecule has 72 valence electrons. The molecule has 0 aliphatic rings. The SMILES string of the molecule is CNCc1c(F)cc(O)cc1OC. The van der Waals surface area contributed by atoms with Crippen molar-refractivity contribution < 1.29 is 14.2 Å². The number of aromatic hydroxyl groups is 1. The van der Waals surface area contributed by atoms with Gasteiger partial charge in [-0.3, -0.25) is 0 Å². The molecule has 0 unspecified atom stereocenters. The molecular formula is C9H12FNO2. The van der Waals surface area contributed by atoms with E-state index < -0.39 is 5.82 Å². The number of phenolic OH excluding ortho intramolecular Hbond substituents is 1. The Hall–Kier alpha value is -1.29. The quantitative estimate of drug-likeness (QED) is 0.744. The first kappa shape index (κ1) is 9.80. The Labute approximate surface area is 76.1 Å². The number of ether oxygens (including phenoxy) is 1. The number of benzene rings is 1. The number of hydrogen-bond donors (Lipinski definition) is 2. The Morgan fingerprint density at radius 2 is 2.23 bits per heavy atom. The summed E-state index contributed by atoms with van der Waals surface area (Å²) in [7, 11) is 3.15. The molecule has 0 radical (unpaired) electrons. The van der Waals surface area contributed by atoms with Crippen LogP contribution in [0, 0.1) is 5.82 Å². The van der Waals surface area contributed by atoms with E-state index in [0.29, 0.717) is 17.9 Å². The Bertz CT molecular complexity index is 302. The maximum Gasteiger partial charge on any atom is 0.135 e. The summed E-state index contributed by atoms with van der Waals surface area (Å²) in [5.41, 5.74) is 0.419. The Morgan fingerprint density at radius 3 is 2.77 bits per heavy atom. The van der Waals surface area contributed by atoms with Gasteiger partial charge in [-0.2, -0.15) is 0 Å². The van der Waals surface area contributed by atoms with Crippen molar-refractivity contribution in [3.8, 4) is 11.5 Å². The number of halogens is 1. The van der Waals surface area contributed by atoms with Crippen molar-refractivity contribution in [3.63, 3.8) is 0 Å². The molecule has 1 aromatic rings. The highest BCUT2D eigenvalue weighted by atomic mass is 19.1. The second kappa shape index (κ2) is 4.09.